The van der Waals surface area contributed by atoms with E-state index in [1.165, 1.54) is 0 Å². The number of rotatable bonds is 6. The van der Waals surface area contributed by atoms with Crippen LogP contribution < -0.4 is 10.1 Å². The van der Waals surface area contributed by atoms with Crippen molar-refractivity contribution in [2.24, 2.45) is 5.92 Å². The lowest BCUT2D eigenvalue weighted by Crippen LogP contribution is -2.32. The van der Waals surface area contributed by atoms with Gasteiger partial charge in [-0.1, -0.05) is 24.3 Å². The highest BCUT2D eigenvalue weighted by Gasteiger charge is 2.34. The van der Waals surface area contributed by atoms with Gasteiger partial charge in [0.2, 0.25) is 11.8 Å². The van der Waals surface area contributed by atoms with E-state index in [-0.39, 0.29) is 24.2 Å². The fourth-order valence-electron chi connectivity index (χ4n) is 2.98. The van der Waals surface area contributed by atoms with Crippen LogP contribution in [-0.2, 0) is 22.7 Å². The average Bonchev–Trinajstić information content (AvgIpc) is 3.02. The summed E-state index contributed by atoms with van der Waals surface area (Å²) in [5.74, 6) is 0.325. The molecule has 0 unspecified atom stereocenters. The number of hydrogen-bond donors (Lipinski definition) is 1. The van der Waals surface area contributed by atoms with Crippen molar-refractivity contribution in [3.63, 3.8) is 0 Å². The zero-order valence-electron chi connectivity index (χ0n) is 14.1. The number of ether oxygens (including phenoxy) is 1. The quantitative estimate of drug-likeness (QED) is 0.870. The fraction of sp³-hybridized carbons (Fsp3) is 0.316. The van der Waals surface area contributed by atoms with Gasteiger partial charge in [-0.2, -0.15) is 0 Å². The van der Waals surface area contributed by atoms with E-state index >= 15 is 0 Å². The van der Waals surface area contributed by atoms with E-state index in [0.717, 1.165) is 16.9 Å². The third-order valence-electron chi connectivity index (χ3n) is 4.33. The zero-order chi connectivity index (χ0) is 17.6. The number of benzene rings is 1. The van der Waals surface area contributed by atoms with E-state index in [1.807, 2.05) is 36.4 Å². The third-order valence-corrected chi connectivity index (χ3v) is 4.33. The molecule has 0 radical (unpaired) electrons. The molecule has 2 amide bonds. The first-order chi connectivity index (χ1) is 12.2. The standard InChI is InChI=1S/C19H21N3O3/c1-25-17-7-3-2-6-15(17)12-22-13-16(9-18(22)23)19(24)21-11-14-5-4-8-20-10-14/h2-8,10,16H,9,11-13H2,1H3,(H,21,24)/t16-/m1/s1. The molecule has 130 valence electrons. The van der Waals surface area contributed by atoms with Crippen LogP contribution in [0.1, 0.15) is 17.5 Å². The Labute approximate surface area is 146 Å². The summed E-state index contributed by atoms with van der Waals surface area (Å²) in [6, 6.07) is 11.3. The number of pyridine rings is 1. The molecule has 1 atom stereocenters. The van der Waals surface area contributed by atoms with E-state index in [2.05, 4.69) is 10.3 Å². The monoisotopic (exact) mass is 339 g/mol. The van der Waals surface area contributed by atoms with Crippen LogP contribution in [0.15, 0.2) is 48.8 Å². The minimum absolute atomic E-state index is 0.00701. The molecule has 0 spiro atoms. The first-order valence-corrected chi connectivity index (χ1v) is 8.23. The molecular formula is C19H21N3O3. The predicted molar refractivity (Wildman–Crippen MR) is 92.6 cm³/mol. The lowest BCUT2D eigenvalue weighted by atomic mass is 10.1. The number of aromatic nitrogens is 1. The van der Waals surface area contributed by atoms with Crippen LogP contribution in [0.4, 0.5) is 0 Å². The molecule has 6 heteroatoms. The Bertz CT molecular complexity index is 749. The van der Waals surface area contributed by atoms with Gasteiger partial charge in [0.15, 0.2) is 0 Å². The average molecular weight is 339 g/mol. The van der Waals surface area contributed by atoms with Crippen LogP contribution in [0.25, 0.3) is 0 Å². The summed E-state index contributed by atoms with van der Waals surface area (Å²) < 4.78 is 5.33. The SMILES string of the molecule is COc1ccccc1CN1C[C@H](C(=O)NCc2cccnc2)CC1=O. The van der Waals surface area contributed by atoms with Gasteiger partial charge < -0.3 is 15.0 Å². The summed E-state index contributed by atoms with van der Waals surface area (Å²) in [5, 5.41) is 2.89. The maximum Gasteiger partial charge on any atom is 0.225 e. The predicted octanol–water partition coefficient (Wildman–Crippen LogP) is 1.76. The molecule has 0 saturated carbocycles. The third kappa shape index (κ3) is 4.15. The van der Waals surface area contributed by atoms with Crippen LogP contribution in [0.2, 0.25) is 0 Å². The number of likely N-dealkylation sites (tertiary alicyclic amines) is 1. The van der Waals surface area contributed by atoms with Crippen molar-refractivity contribution in [2.75, 3.05) is 13.7 Å². The molecule has 1 aromatic heterocycles. The Morgan fingerprint density at radius 1 is 1.32 bits per heavy atom. The molecule has 2 heterocycles. The summed E-state index contributed by atoms with van der Waals surface area (Å²) >= 11 is 0. The van der Waals surface area contributed by atoms with Crippen LogP contribution in [0, 0.1) is 5.92 Å². The maximum absolute atomic E-state index is 12.4. The van der Waals surface area contributed by atoms with Crippen molar-refractivity contribution in [3.8, 4) is 5.75 Å². The van der Waals surface area contributed by atoms with Crippen molar-refractivity contribution in [3.05, 3.63) is 59.9 Å². The van der Waals surface area contributed by atoms with Gasteiger partial charge in [0.25, 0.3) is 0 Å². The molecule has 0 aliphatic carbocycles. The number of hydrogen-bond acceptors (Lipinski definition) is 4. The summed E-state index contributed by atoms with van der Waals surface area (Å²) in [6.07, 6.45) is 3.65. The topological polar surface area (TPSA) is 71.5 Å². The van der Waals surface area contributed by atoms with Crippen LogP contribution in [-0.4, -0.2) is 35.4 Å². The van der Waals surface area contributed by atoms with Gasteiger partial charge in [-0.05, 0) is 17.7 Å². The molecule has 0 bridgehead atoms. The Morgan fingerprint density at radius 2 is 2.16 bits per heavy atom. The highest BCUT2D eigenvalue weighted by Crippen LogP contribution is 2.24. The second-order valence-corrected chi connectivity index (χ2v) is 6.07. The van der Waals surface area contributed by atoms with E-state index in [0.29, 0.717) is 19.6 Å². The summed E-state index contributed by atoms with van der Waals surface area (Å²) in [5.41, 5.74) is 1.88. The fourth-order valence-corrected chi connectivity index (χ4v) is 2.98. The van der Waals surface area contributed by atoms with Crippen molar-refractivity contribution in [1.29, 1.82) is 0 Å². The van der Waals surface area contributed by atoms with Crippen molar-refractivity contribution >= 4 is 11.8 Å². The molecule has 1 N–H and O–H groups in total. The van der Waals surface area contributed by atoms with Crippen molar-refractivity contribution in [1.82, 2.24) is 15.2 Å². The highest BCUT2D eigenvalue weighted by atomic mass is 16.5. The number of nitrogens with one attached hydrogen (secondary N) is 1. The summed E-state index contributed by atoms with van der Waals surface area (Å²) in [7, 11) is 1.61. The molecule has 1 aromatic carbocycles. The summed E-state index contributed by atoms with van der Waals surface area (Å²) in [4.78, 5) is 30.3. The molecule has 2 aromatic rings. The number of carbonyl (C=O) groups excluding carboxylic acids is 2. The number of methoxy groups -OCH3 is 1. The number of para-hydroxylation sites is 1. The first-order valence-electron chi connectivity index (χ1n) is 8.23. The maximum atomic E-state index is 12.4. The smallest absolute Gasteiger partial charge is 0.225 e. The Morgan fingerprint density at radius 3 is 2.92 bits per heavy atom. The Kier molecular flexibility index (Phi) is 5.28. The number of amides is 2. The normalized spacial score (nSPS) is 16.8. The van der Waals surface area contributed by atoms with Crippen LogP contribution in [0.5, 0.6) is 5.75 Å². The van der Waals surface area contributed by atoms with Gasteiger partial charge in [-0.15, -0.1) is 0 Å². The van der Waals surface area contributed by atoms with Crippen molar-refractivity contribution in [2.45, 2.75) is 19.5 Å². The molecule has 25 heavy (non-hydrogen) atoms. The Hall–Kier alpha value is -2.89. The molecular weight excluding hydrogens is 318 g/mol. The molecule has 1 aliphatic heterocycles. The van der Waals surface area contributed by atoms with Gasteiger partial charge in [0, 0.05) is 44.0 Å². The molecule has 1 saturated heterocycles. The Balaban J connectivity index is 1.57. The van der Waals surface area contributed by atoms with Gasteiger partial charge >= 0.3 is 0 Å². The number of carbonyl (C=O) groups is 2. The minimum Gasteiger partial charge on any atom is -0.496 e. The van der Waals surface area contributed by atoms with Gasteiger partial charge in [-0.3, -0.25) is 14.6 Å². The van der Waals surface area contributed by atoms with E-state index in [4.69, 9.17) is 4.74 Å². The second kappa shape index (κ2) is 7.79. The van der Waals surface area contributed by atoms with Crippen LogP contribution >= 0.6 is 0 Å². The van der Waals surface area contributed by atoms with Crippen molar-refractivity contribution < 1.29 is 14.3 Å². The highest BCUT2D eigenvalue weighted by molar-refractivity contribution is 5.89. The van der Waals surface area contributed by atoms with Gasteiger partial charge in [-0.25, -0.2) is 0 Å². The lowest BCUT2D eigenvalue weighted by molar-refractivity contribution is -0.129. The minimum atomic E-state index is -0.320. The van der Waals surface area contributed by atoms with Gasteiger partial charge in [0.1, 0.15) is 5.75 Å². The second-order valence-electron chi connectivity index (χ2n) is 6.07. The molecule has 6 nitrogen and oxygen atoms in total. The van der Waals surface area contributed by atoms with Crippen LogP contribution in [0.3, 0.4) is 0 Å². The van der Waals surface area contributed by atoms with E-state index < -0.39 is 0 Å². The van der Waals surface area contributed by atoms with E-state index in [1.54, 1.807) is 24.4 Å². The molecule has 3 rings (SSSR count). The largest absolute Gasteiger partial charge is 0.496 e. The number of nitrogens with zero attached hydrogens (tertiary/aromatic N) is 2. The van der Waals surface area contributed by atoms with E-state index in [9.17, 15) is 9.59 Å². The lowest BCUT2D eigenvalue weighted by Gasteiger charge is -2.18. The first kappa shape index (κ1) is 17.0. The van der Waals surface area contributed by atoms with Gasteiger partial charge in [0.05, 0.1) is 13.0 Å². The molecule has 1 fully saturated rings. The molecule has 1 aliphatic rings. The summed E-state index contributed by atoms with van der Waals surface area (Å²) in [6.45, 7) is 1.30. The zero-order valence-corrected chi connectivity index (χ0v) is 14.1.